The number of hydrogen-bond acceptors (Lipinski definition) is 6. The smallest absolute Gasteiger partial charge is 0.417 e. The molecule has 1 unspecified atom stereocenters. The first-order chi connectivity index (χ1) is 20.6. The van der Waals surface area contributed by atoms with Crippen LogP contribution in [0.4, 0.5) is 13.2 Å². The second-order valence-corrected chi connectivity index (χ2v) is 13.0. The van der Waals surface area contributed by atoms with E-state index in [0.717, 1.165) is 24.5 Å². The van der Waals surface area contributed by atoms with Crippen molar-refractivity contribution >= 4 is 23.5 Å². The lowest BCUT2D eigenvalue weighted by atomic mass is 9.66. The Bertz CT molecular complexity index is 1370. The van der Waals surface area contributed by atoms with Gasteiger partial charge in [-0.1, -0.05) is 45.4 Å². The molecule has 0 saturated carbocycles. The Labute approximate surface area is 260 Å². The first-order valence-electron chi connectivity index (χ1n) is 14.7. The summed E-state index contributed by atoms with van der Waals surface area (Å²) in [5.74, 6) is -2.52. The number of carbonyl (C=O) groups is 2. The number of methoxy groups -OCH3 is 1. The topological polar surface area (TPSA) is 98.2 Å². The monoisotopic (exact) mass is 640 g/mol. The number of nitrogens with zero attached hydrogens (tertiary/aromatic N) is 2. The Morgan fingerprint density at radius 2 is 1.91 bits per heavy atom. The Hall–Kier alpha value is -2.89. The third-order valence-electron chi connectivity index (χ3n) is 8.83. The number of aromatic nitrogens is 1. The van der Waals surface area contributed by atoms with Crippen LogP contribution in [0.2, 0.25) is 5.02 Å². The molecule has 1 N–H and O–H groups in total. The molecule has 2 aliphatic rings. The van der Waals surface area contributed by atoms with E-state index in [0.29, 0.717) is 29.8 Å². The van der Waals surface area contributed by atoms with Gasteiger partial charge < -0.3 is 24.2 Å². The maximum atomic E-state index is 14.5. The van der Waals surface area contributed by atoms with Crippen LogP contribution in [-0.4, -0.2) is 58.3 Å². The molecule has 3 heterocycles. The normalized spacial score (nSPS) is 26.1. The summed E-state index contributed by atoms with van der Waals surface area (Å²) in [5.41, 5.74) is -2.09. The third-order valence-corrected chi connectivity index (χ3v) is 9.07. The van der Waals surface area contributed by atoms with E-state index in [1.165, 1.54) is 12.0 Å². The molecule has 2 aliphatic heterocycles. The molecule has 1 aromatic heterocycles. The number of benzene rings is 1. The average Bonchev–Trinajstić information content (AvgIpc) is 3.28. The SMILES string of the molecule is CC[C@@]1(C(=O)O)[C@@H](C(C)(C)C)[C@H](OCc2cc(C(F)(F)F)cnc2OC)[C@H](c2cc(Cl)ccc2C)N1C(=O)C1CCCCO1. The van der Waals surface area contributed by atoms with Gasteiger partial charge in [-0.3, -0.25) is 4.79 Å². The Morgan fingerprint density at radius 3 is 2.45 bits per heavy atom. The number of carboxylic acid groups (broad SMARTS) is 1. The second kappa shape index (κ2) is 12.8. The predicted octanol–water partition coefficient (Wildman–Crippen LogP) is 7.00. The van der Waals surface area contributed by atoms with Gasteiger partial charge in [-0.2, -0.15) is 13.2 Å². The lowest BCUT2D eigenvalue weighted by Crippen LogP contribution is -2.61. The van der Waals surface area contributed by atoms with Crippen LogP contribution in [0.3, 0.4) is 0 Å². The number of rotatable bonds is 8. The van der Waals surface area contributed by atoms with E-state index < -0.39 is 58.7 Å². The van der Waals surface area contributed by atoms with Crippen LogP contribution in [0.1, 0.15) is 81.7 Å². The molecule has 44 heavy (non-hydrogen) atoms. The van der Waals surface area contributed by atoms with Gasteiger partial charge in [0.05, 0.1) is 31.4 Å². The van der Waals surface area contributed by atoms with Crippen LogP contribution >= 0.6 is 11.6 Å². The van der Waals surface area contributed by atoms with Crippen molar-refractivity contribution in [2.75, 3.05) is 13.7 Å². The van der Waals surface area contributed by atoms with Crippen molar-refractivity contribution in [2.45, 2.75) is 96.9 Å². The summed E-state index contributed by atoms with van der Waals surface area (Å²) in [6.07, 6.45) is -3.76. The van der Waals surface area contributed by atoms with Crippen molar-refractivity contribution in [1.29, 1.82) is 0 Å². The lowest BCUT2D eigenvalue weighted by molar-refractivity contribution is -0.170. The number of likely N-dealkylation sites (tertiary alicyclic amines) is 1. The summed E-state index contributed by atoms with van der Waals surface area (Å²) in [6, 6.07) is 5.14. The quantitative estimate of drug-likeness (QED) is 0.332. The number of amides is 1. The number of carboxylic acids is 1. The van der Waals surface area contributed by atoms with E-state index in [1.54, 1.807) is 25.1 Å². The zero-order valence-corrected chi connectivity index (χ0v) is 26.6. The highest BCUT2D eigenvalue weighted by Gasteiger charge is 2.68. The van der Waals surface area contributed by atoms with E-state index >= 15 is 0 Å². The summed E-state index contributed by atoms with van der Waals surface area (Å²) in [4.78, 5) is 33.3. The maximum absolute atomic E-state index is 14.5. The molecule has 242 valence electrons. The molecule has 0 bridgehead atoms. The summed E-state index contributed by atoms with van der Waals surface area (Å²) in [6.45, 7) is 9.18. The fraction of sp³-hybridized carbons (Fsp3) is 0.594. The molecule has 0 radical (unpaired) electrons. The zero-order valence-electron chi connectivity index (χ0n) is 25.8. The number of pyridine rings is 1. The molecule has 5 atom stereocenters. The molecule has 4 rings (SSSR count). The standard InChI is InChI=1S/C32H40ClF3N2O6/c1-7-31(29(40)41)26(30(3,4)5)25(44-17-19-14-20(32(34,35)36)16-37-27(19)42-6)24(22-15-21(33)12-11-18(22)2)38(31)28(39)23-10-8-9-13-43-23/h11-12,14-16,23-26H,7-10,13,17H2,1-6H3,(H,40,41)/t23?,24-,25+,26+,31-/m0/s1. The van der Waals surface area contributed by atoms with Crippen molar-refractivity contribution in [3.05, 3.63) is 57.7 Å². The van der Waals surface area contributed by atoms with E-state index in [2.05, 4.69) is 4.98 Å². The first-order valence-corrected chi connectivity index (χ1v) is 15.1. The first kappa shape index (κ1) is 34.0. The molecule has 12 heteroatoms. The van der Waals surface area contributed by atoms with E-state index in [9.17, 15) is 27.9 Å². The molecule has 1 amide bonds. The van der Waals surface area contributed by atoms with Gasteiger partial charge in [0.2, 0.25) is 5.88 Å². The zero-order chi connectivity index (χ0) is 32.6. The summed E-state index contributed by atoms with van der Waals surface area (Å²) in [5, 5.41) is 11.4. The molecule has 2 aromatic rings. The highest BCUT2D eigenvalue weighted by molar-refractivity contribution is 6.30. The largest absolute Gasteiger partial charge is 0.481 e. The molecular weight excluding hydrogens is 601 g/mol. The number of ether oxygens (including phenoxy) is 3. The lowest BCUT2D eigenvalue weighted by Gasteiger charge is -2.45. The van der Waals surface area contributed by atoms with Gasteiger partial charge in [-0.15, -0.1) is 0 Å². The fourth-order valence-corrected chi connectivity index (χ4v) is 7.15. The van der Waals surface area contributed by atoms with Crippen molar-refractivity contribution in [2.24, 2.45) is 11.3 Å². The summed E-state index contributed by atoms with van der Waals surface area (Å²) >= 11 is 6.47. The van der Waals surface area contributed by atoms with Gasteiger partial charge in [0.25, 0.3) is 5.91 Å². The van der Waals surface area contributed by atoms with Crippen molar-refractivity contribution in [1.82, 2.24) is 9.88 Å². The predicted molar refractivity (Wildman–Crippen MR) is 157 cm³/mol. The second-order valence-electron chi connectivity index (χ2n) is 12.6. The van der Waals surface area contributed by atoms with Crippen molar-refractivity contribution < 1.29 is 42.1 Å². The Morgan fingerprint density at radius 1 is 1.20 bits per heavy atom. The van der Waals surface area contributed by atoms with Gasteiger partial charge in [-0.25, -0.2) is 9.78 Å². The summed E-state index contributed by atoms with van der Waals surface area (Å²) < 4.78 is 58.6. The Kier molecular flexibility index (Phi) is 9.92. The van der Waals surface area contributed by atoms with E-state index in [4.69, 9.17) is 25.8 Å². The minimum atomic E-state index is -4.65. The molecule has 8 nitrogen and oxygen atoms in total. The van der Waals surface area contributed by atoms with Crippen molar-refractivity contribution in [3.63, 3.8) is 0 Å². The molecule has 0 spiro atoms. The summed E-state index contributed by atoms with van der Waals surface area (Å²) in [7, 11) is 1.29. The Balaban J connectivity index is 1.95. The number of halogens is 4. The van der Waals surface area contributed by atoms with Crippen LogP contribution in [0, 0.1) is 18.3 Å². The van der Waals surface area contributed by atoms with Crippen LogP contribution in [-0.2, 0) is 31.8 Å². The number of aryl methyl sites for hydroxylation is 1. The number of aliphatic carboxylic acids is 1. The average molecular weight is 641 g/mol. The highest BCUT2D eigenvalue weighted by atomic mass is 35.5. The van der Waals surface area contributed by atoms with Gasteiger partial charge in [0, 0.05) is 29.3 Å². The van der Waals surface area contributed by atoms with Gasteiger partial charge in [0.1, 0.15) is 11.6 Å². The van der Waals surface area contributed by atoms with Crippen molar-refractivity contribution in [3.8, 4) is 5.88 Å². The molecule has 2 saturated heterocycles. The third kappa shape index (κ3) is 6.28. The van der Waals surface area contributed by atoms with Gasteiger partial charge in [0.15, 0.2) is 0 Å². The molecule has 1 aromatic carbocycles. The fourth-order valence-electron chi connectivity index (χ4n) is 6.97. The molecule has 2 fully saturated rings. The van der Waals surface area contributed by atoms with Crippen LogP contribution in [0.15, 0.2) is 30.5 Å². The van der Waals surface area contributed by atoms with Gasteiger partial charge >= 0.3 is 12.1 Å². The number of carbonyl (C=O) groups excluding carboxylic acids is 1. The van der Waals surface area contributed by atoms with E-state index in [1.807, 2.05) is 27.7 Å². The number of alkyl halides is 3. The van der Waals surface area contributed by atoms with Crippen LogP contribution in [0.25, 0.3) is 0 Å². The minimum absolute atomic E-state index is 0.0364. The molecule has 0 aliphatic carbocycles. The maximum Gasteiger partial charge on any atom is 0.417 e. The van der Waals surface area contributed by atoms with Crippen LogP contribution < -0.4 is 4.74 Å². The van der Waals surface area contributed by atoms with Gasteiger partial charge in [-0.05, 0) is 67.3 Å². The van der Waals surface area contributed by atoms with E-state index in [-0.39, 0.29) is 24.5 Å². The van der Waals surface area contributed by atoms with Crippen LogP contribution in [0.5, 0.6) is 5.88 Å². The highest BCUT2D eigenvalue weighted by Crippen LogP contribution is 2.57. The minimum Gasteiger partial charge on any atom is -0.481 e. The number of hydrogen-bond donors (Lipinski definition) is 1. The molecular formula is C32H40ClF3N2O6.